The zero-order valence-electron chi connectivity index (χ0n) is 8.65. The summed E-state index contributed by atoms with van der Waals surface area (Å²) >= 11 is 0. The maximum Gasteiger partial charge on any atom is 0.168 e. The Morgan fingerprint density at radius 1 is 1.12 bits per heavy atom. The summed E-state index contributed by atoms with van der Waals surface area (Å²) in [6.07, 6.45) is 0.458. The average molecular weight is 234 g/mol. The van der Waals surface area contributed by atoms with E-state index in [1.54, 1.807) is 0 Å². The fourth-order valence-corrected chi connectivity index (χ4v) is 1.49. The largest absolute Gasteiger partial charge is 0.398 e. The van der Waals surface area contributed by atoms with Crippen molar-refractivity contribution in [3.63, 3.8) is 0 Å². The Morgan fingerprint density at radius 2 is 1.88 bits per heavy atom. The van der Waals surface area contributed by atoms with Gasteiger partial charge in [-0.15, -0.1) is 0 Å². The van der Waals surface area contributed by atoms with Crippen LogP contribution in [-0.4, -0.2) is 11.3 Å². The maximum absolute atomic E-state index is 13.6. The number of anilines is 1. The molecule has 1 aromatic carbocycles. The molecule has 0 unspecified atom stereocenters. The molecule has 0 saturated carbocycles. The Labute approximate surface area is 95.9 Å². The highest BCUT2D eigenvalue weighted by Gasteiger charge is 2.15. The van der Waals surface area contributed by atoms with Crippen molar-refractivity contribution in [2.45, 2.75) is 0 Å². The predicted octanol–water partition coefficient (Wildman–Crippen LogP) is 2.42. The quantitative estimate of drug-likeness (QED) is 0.641. The molecule has 2 aromatic rings. The fourth-order valence-electron chi connectivity index (χ4n) is 1.49. The number of aromatic nitrogens is 1. The number of hydrogen-bond acceptors (Lipinski definition) is 3. The zero-order valence-corrected chi connectivity index (χ0v) is 8.65. The van der Waals surface area contributed by atoms with Crippen LogP contribution in [0.5, 0.6) is 0 Å². The number of aldehydes is 1. The molecule has 0 atom stereocenters. The van der Waals surface area contributed by atoms with Crippen molar-refractivity contribution >= 4 is 12.0 Å². The van der Waals surface area contributed by atoms with E-state index >= 15 is 0 Å². The second kappa shape index (κ2) is 4.29. The molecule has 0 saturated heterocycles. The first-order valence-corrected chi connectivity index (χ1v) is 4.79. The van der Waals surface area contributed by atoms with Gasteiger partial charge in [0.15, 0.2) is 6.29 Å². The van der Waals surface area contributed by atoms with Gasteiger partial charge in [-0.2, -0.15) is 0 Å². The molecular formula is C12H8F2N2O. The normalized spacial score (nSPS) is 10.2. The van der Waals surface area contributed by atoms with Crippen LogP contribution in [0.4, 0.5) is 14.5 Å². The molecule has 0 amide bonds. The highest BCUT2D eigenvalue weighted by molar-refractivity contribution is 5.78. The van der Waals surface area contributed by atoms with E-state index in [0.717, 1.165) is 12.1 Å². The van der Waals surface area contributed by atoms with Crippen LogP contribution < -0.4 is 5.73 Å². The molecule has 0 aliphatic rings. The molecule has 2 rings (SSSR count). The first kappa shape index (κ1) is 11.2. The van der Waals surface area contributed by atoms with Crippen LogP contribution in [0.2, 0.25) is 0 Å². The number of nitrogens with zero attached hydrogens (tertiary/aromatic N) is 1. The molecule has 0 bridgehead atoms. The van der Waals surface area contributed by atoms with Crippen molar-refractivity contribution in [2.75, 3.05) is 5.73 Å². The summed E-state index contributed by atoms with van der Waals surface area (Å²) in [4.78, 5) is 14.3. The SMILES string of the molecule is Nc1cccc(F)c1-c1nc(C=O)ccc1F. The molecule has 1 heterocycles. The van der Waals surface area contributed by atoms with Gasteiger partial charge in [0.2, 0.25) is 0 Å². The molecular weight excluding hydrogens is 226 g/mol. The second-order valence-corrected chi connectivity index (χ2v) is 3.39. The minimum atomic E-state index is -0.729. The number of carbonyl (C=O) groups excluding carboxylic acids is 1. The first-order valence-electron chi connectivity index (χ1n) is 4.79. The number of pyridine rings is 1. The van der Waals surface area contributed by atoms with Crippen LogP contribution in [0, 0.1) is 11.6 Å². The van der Waals surface area contributed by atoms with Crippen LogP contribution in [0.1, 0.15) is 10.5 Å². The van der Waals surface area contributed by atoms with Gasteiger partial charge in [0.25, 0.3) is 0 Å². The Kier molecular flexibility index (Phi) is 2.82. The second-order valence-electron chi connectivity index (χ2n) is 3.39. The number of carbonyl (C=O) groups is 1. The van der Waals surface area contributed by atoms with Gasteiger partial charge >= 0.3 is 0 Å². The van der Waals surface area contributed by atoms with E-state index in [2.05, 4.69) is 4.98 Å². The highest BCUT2D eigenvalue weighted by atomic mass is 19.1. The van der Waals surface area contributed by atoms with Crippen LogP contribution in [0.15, 0.2) is 30.3 Å². The van der Waals surface area contributed by atoms with Crippen molar-refractivity contribution in [3.05, 3.63) is 47.7 Å². The molecule has 0 radical (unpaired) electrons. The molecule has 3 nitrogen and oxygen atoms in total. The van der Waals surface area contributed by atoms with Gasteiger partial charge in [0, 0.05) is 5.69 Å². The van der Waals surface area contributed by atoms with Gasteiger partial charge in [-0.3, -0.25) is 4.79 Å². The van der Waals surface area contributed by atoms with Crippen LogP contribution in [0.25, 0.3) is 11.3 Å². The first-order chi connectivity index (χ1) is 8.13. The van der Waals surface area contributed by atoms with Crippen molar-refractivity contribution < 1.29 is 13.6 Å². The lowest BCUT2D eigenvalue weighted by atomic mass is 10.1. The molecule has 0 aliphatic heterocycles. The maximum atomic E-state index is 13.6. The monoisotopic (exact) mass is 234 g/mol. The summed E-state index contributed by atoms with van der Waals surface area (Å²) in [6.45, 7) is 0. The zero-order chi connectivity index (χ0) is 12.4. The smallest absolute Gasteiger partial charge is 0.168 e. The lowest BCUT2D eigenvalue weighted by molar-refractivity contribution is 0.111. The van der Waals surface area contributed by atoms with Gasteiger partial charge in [0.1, 0.15) is 23.0 Å². The summed E-state index contributed by atoms with van der Waals surface area (Å²) < 4.78 is 27.1. The van der Waals surface area contributed by atoms with E-state index in [1.807, 2.05) is 0 Å². The highest BCUT2D eigenvalue weighted by Crippen LogP contribution is 2.29. The summed E-state index contributed by atoms with van der Waals surface area (Å²) in [5.74, 6) is -1.41. The van der Waals surface area contributed by atoms with Gasteiger partial charge in [-0.25, -0.2) is 13.8 Å². The van der Waals surface area contributed by atoms with E-state index in [0.29, 0.717) is 6.29 Å². The number of hydrogen-bond donors (Lipinski definition) is 1. The Morgan fingerprint density at radius 3 is 2.53 bits per heavy atom. The van der Waals surface area contributed by atoms with Crippen LogP contribution >= 0.6 is 0 Å². The number of nitrogens with two attached hydrogens (primary N) is 1. The number of benzene rings is 1. The Bertz CT molecular complexity index is 564. The van der Waals surface area contributed by atoms with Gasteiger partial charge in [-0.05, 0) is 24.3 Å². The lowest BCUT2D eigenvalue weighted by Gasteiger charge is -2.07. The van der Waals surface area contributed by atoms with Gasteiger partial charge < -0.3 is 5.73 Å². The third kappa shape index (κ3) is 1.99. The number of halogens is 2. The topological polar surface area (TPSA) is 56.0 Å². The lowest BCUT2D eigenvalue weighted by Crippen LogP contribution is -2.00. The minimum absolute atomic E-state index is 0.0176. The molecule has 0 fully saturated rings. The predicted molar refractivity (Wildman–Crippen MR) is 59.4 cm³/mol. The van der Waals surface area contributed by atoms with E-state index in [9.17, 15) is 13.6 Å². The van der Waals surface area contributed by atoms with Crippen molar-refractivity contribution in [1.82, 2.24) is 4.98 Å². The molecule has 17 heavy (non-hydrogen) atoms. The molecule has 0 aliphatic carbocycles. The molecule has 1 aromatic heterocycles. The van der Waals surface area contributed by atoms with Crippen molar-refractivity contribution in [1.29, 1.82) is 0 Å². The standard InChI is InChI=1S/C12H8F2N2O/c13-8-2-1-3-10(15)11(8)12-9(14)5-4-7(6-17)16-12/h1-6H,15H2. The number of rotatable bonds is 2. The third-order valence-electron chi connectivity index (χ3n) is 2.27. The third-order valence-corrected chi connectivity index (χ3v) is 2.27. The van der Waals surface area contributed by atoms with Crippen LogP contribution in [0.3, 0.4) is 0 Å². The molecule has 5 heteroatoms. The van der Waals surface area contributed by atoms with Gasteiger partial charge in [0.05, 0.1) is 5.56 Å². The molecule has 0 spiro atoms. The summed E-state index contributed by atoms with van der Waals surface area (Å²) in [6, 6.07) is 6.27. The summed E-state index contributed by atoms with van der Waals surface area (Å²) in [5.41, 5.74) is 5.28. The number of nitrogen functional groups attached to an aromatic ring is 1. The molecule has 86 valence electrons. The van der Waals surface area contributed by atoms with Crippen LogP contribution in [-0.2, 0) is 0 Å². The van der Waals surface area contributed by atoms with Crippen molar-refractivity contribution in [3.8, 4) is 11.3 Å². The Hall–Kier alpha value is -2.30. The van der Waals surface area contributed by atoms with Gasteiger partial charge in [-0.1, -0.05) is 6.07 Å². The van der Waals surface area contributed by atoms with E-state index in [4.69, 9.17) is 5.73 Å². The minimum Gasteiger partial charge on any atom is -0.398 e. The average Bonchev–Trinajstić information content (AvgIpc) is 2.31. The van der Waals surface area contributed by atoms with E-state index in [-0.39, 0.29) is 22.6 Å². The van der Waals surface area contributed by atoms with E-state index in [1.165, 1.54) is 18.2 Å². The molecule has 2 N–H and O–H groups in total. The fraction of sp³-hybridized carbons (Fsp3) is 0. The summed E-state index contributed by atoms with van der Waals surface area (Å²) in [5, 5.41) is 0. The van der Waals surface area contributed by atoms with Crippen molar-refractivity contribution in [2.24, 2.45) is 0 Å². The summed E-state index contributed by atoms with van der Waals surface area (Å²) in [7, 11) is 0. The Balaban J connectivity index is 2.71. The van der Waals surface area contributed by atoms with E-state index < -0.39 is 11.6 Å².